The Labute approximate surface area is 99.2 Å². The van der Waals surface area contributed by atoms with Gasteiger partial charge in [-0.15, -0.1) is 0 Å². The predicted octanol–water partition coefficient (Wildman–Crippen LogP) is 0.465. The van der Waals surface area contributed by atoms with E-state index in [-0.39, 0.29) is 35.5 Å². The lowest BCUT2D eigenvalue weighted by atomic mass is 9.99. The van der Waals surface area contributed by atoms with Crippen LogP contribution < -0.4 is 4.74 Å². The Hall–Kier alpha value is -1.75. The Morgan fingerprint density at radius 3 is 2.82 bits per heavy atom. The van der Waals surface area contributed by atoms with Crippen LogP contribution in [0.2, 0.25) is 0 Å². The molecule has 0 aliphatic carbocycles. The molecule has 1 aromatic carbocycles. The van der Waals surface area contributed by atoms with Crippen molar-refractivity contribution >= 4 is 5.91 Å². The summed E-state index contributed by atoms with van der Waals surface area (Å²) in [6.07, 6.45) is 0. The standard InChI is InChI=1S/C12H15NO4/c1-17-10-4-2-3-9(11(10)15)12(16)13-5-8(6-13)7-14/h2-4,8,14-15H,5-7H2,1H3. The minimum Gasteiger partial charge on any atom is -0.504 e. The second-order valence-corrected chi connectivity index (χ2v) is 4.12. The van der Waals surface area contributed by atoms with Crippen LogP contribution in [-0.2, 0) is 0 Å². The van der Waals surface area contributed by atoms with Crippen molar-refractivity contribution < 1.29 is 19.7 Å². The Balaban J connectivity index is 2.15. The number of phenols is 1. The van der Waals surface area contributed by atoms with E-state index < -0.39 is 0 Å². The lowest BCUT2D eigenvalue weighted by Crippen LogP contribution is -2.51. The van der Waals surface area contributed by atoms with Crippen molar-refractivity contribution in [3.63, 3.8) is 0 Å². The summed E-state index contributed by atoms with van der Waals surface area (Å²) >= 11 is 0. The minimum atomic E-state index is -0.230. The molecular formula is C12H15NO4. The minimum absolute atomic E-state index is 0.0911. The second kappa shape index (κ2) is 4.63. The number of ether oxygens (including phenoxy) is 1. The number of aliphatic hydroxyl groups excluding tert-OH is 1. The monoisotopic (exact) mass is 237 g/mol. The van der Waals surface area contributed by atoms with Crippen LogP contribution in [0.1, 0.15) is 10.4 Å². The highest BCUT2D eigenvalue weighted by molar-refractivity contribution is 5.98. The lowest BCUT2D eigenvalue weighted by Gasteiger charge is -2.38. The van der Waals surface area contributed by atoms with Gasteiger partial charge in [-0.3, -0.25) is 4.79 Å². The number of benzene rings is 1. The van der Waals surface area contributed by atoms with Crippen LogP contribution in [0, 0.1) is 5.92 Å². The third kappa shape index (κ3) is 2.06. The summed E-state index contributed by atoms with van der Waals surface area (Å²) in [7, 11) is 1.44. The Morgan fingerprint density at radius 2 is 2.24 bits per heavy atom. The molecule has 0 aromatic heterocycles. The van der Waals surface area contributed by atoms with Crippen molar-refractivity contribution in [2.45, 2.75) is 0 Å². The molecule has 5 nitrogen and oxygen atoms in total. The first-order valence-corrected chi connectivity index (χ1v) is 5.43. The van der Waals surface area contributed by atoms with Crippen molar-refractivity contribution in [2.75, 3.05) is 26.8 Å². The van der Waals surface area contributed by atoms with Gasteiger partial charge in [-0.25, -0.2) is 0 Å². The van der Waals surface area contributed by atoms with Gasteiger partial charge < -0.3 is 19.8 Å². The molecule has 0 bridgehead atoms. The average Bonchev–Trinajstić information content (AvgIpc) is 2.27. The van der Waals surface area contributed by atoms with E-state index in [2.05, 4.69) is 0 Å². The summed E-state index contributed by atoms with van der Waals surface area (Å²) in [5.41, 5.74) is 0.237. The van der Waals surface area contributed by atoms with Crippen molar-refractivity contribution in [1.29, 1.82) is 0 Å². The highest BCUT2D eigenvalue weighted by Crippen LogP contribution is 2.31. The Bertz CT molecular complexity index is 427. The molecule has 1 aliphatic heterocycles. The summed E-state index contributed by atoms with van der Waals surface area (Å²) in [6, 6.07) is 4.82. The topological polar surface area (TPSA) is 70.0 Å². The van der Waals surface area contributed by atoms with Crippen LogP contribution in [0.5, 0.6) is 11.5 Å². The average molecular weight is 237 g/mol. The molecule has 1 fully saturated rings. The predicted molar refractivity (Wildman–Crippen MR) is 61.1 cm³/mol. The zero-order chi connectivity index (χ0) is 12.4. The molecule has 92 valence electrons. The van der Waals surface area contributed by atoms with E-state index in [1.54, 1.807) is 23.1 Å². The Kier molecular flexibility index (Phi) is 3.19. The molecule has 2 N–H and O–H groups in total. The van der Waals surface area contributed by atoms with Gasteiger partial charge in [0.2, 0.25) is 0 Å². The third-order valence-electron chi connectivity index (χ3n) is 2.95. The molecule has 17 heavy (non-hydrogen) atoms. The van der Waals surface area contributed by atoms with Crippen LogP contribution in [-0.4, -0.2) is 47.8 Å². The van der Waals surface area contributed by atoms with Crippen LogP contribution in [0.15, 0.2) is 18.2 Å². The van der Waals surface area contributed by atoms with Gasteiger partial charge in [-0.2, -0.15) is 0 Å². The maximum Gasteiger partial charge on any atom is 0.257 e. The second-order valence-electron chi connectivity index (χ2n) is 4.12. The summed E-state index contributed by atoms with van der Waals surface area (Å²) < 4.78 is 4.95. The molecule has 1 saturated heterocycles. The summed E-state index contributed by atoms with van der Waals surface area (Å²) in [4.78, 5) is 13.6. The van der Waals surface area contributed by atoms with E-state index in [1.807, 2.05) is 0 Å². The zero-order valence-corrected chi connectivity index (χ0v) is 9.59. The highest BCUT2D eigenvalue weighted by atomic mass is 16.5. The molecule has 0 saturated carbocycles. The van der Waals surface area contributed by atoms with Crippen LogP contribution >= 0.6 is 0 Å². The molecule has 0 atom stereocenters. The number of hydrogen-bond acceptors (Lipinski definition) is 4. The SMILES string of the molecule is COc1cccc(C(=O)N2CC(CO)C2)c1O. The number of carbonyl (C=O) groups is 1. The maximum atomic E-state index is 12.0. The van der Waals surface area contributed by atoms with Gasteiger partial charge in [0.15, 0.2) is 11.5 Å². The van der Waals surface area contributed by atoms with Gasteiger partial charge in [-0.05, 0) is 12.1 Å². The van der Waals surface area contributed by atoms with E-state index >= 15 is 0 Å². The zero-order valence-electron chi connectivity index (χ0n) is 9.59. The van der Waals surface area contributed by atoms with Crippen LogP contribution in [0.4, 0.5) is 0 Å². The number of aliphatic hydroxyl groups is 1. The van der Waals surface area contributed by atoms with E-state index in [0.717, 1.165) is 0 Å². The molecule has 0 unspecified atom stereocenters. The van der Waals surface area contributed by atoms with E-state index in [9.17, 15) is 9.90 Å². The van der Waals surface area contributed by atoms with Crippen LogP contribution in [0.3, 0.4) is 0 Å². The largest absolute Gasteiger partial charge is 0.504 e. The number of phenolic OH excluding ortho intramolecular Hbond substituents is 1. The number of amides is 1. The molecule has 1 aromatic rings. The highest BCUT2D eigenvalue weighted by Gasteiger charge is 2.32. The number of hydrogen-bond donors (Lipinski definition) is 2. The smallest absolute Gasteiger partial charge is 0.257 e. The molecule has 2 rings (SSSR count). The number of methoxy groups -OCH3 is 1. The fourth-order valence-corrected chi connectivity index (χ4v) is 1.88. The molecule has 5 heteroatoms. The first-order chi connectivity index (χ1) is 8.17. The van der Waals surface area contributed by atoms with Crippen molar-refractivity contribution in [3.05, 3.63) is 23.8 Å². The van der Waals surface area contributed by atoms with Gasteiger partial charge in [-0.1, -0.05) is 6.07 Å². The third-order valence-corrected chi connectivity index (χ3v) is 2.95. The molecule has 0 radical (unpaired) electrons. The fraction of sp³-hybridized carbons (Fsp3) is 0.417. The van der Waals surface area contributed by atoms with E-state index in [0.29, 0.717) is 13.1 Å². The first kappa shape index (κ1) is 11.7. The number of carbonyl (C=O) groups excluding carboxylic acids is 1. The normalized spacial score (nSPS) is 15.5. The van der Waals surface area contributed by atoms with Gasteiger partial charge in [0.25, 0.3) is 5.91 Å². The molecule has 0 spiro atoms. The molecule has 1 aliphatic rings. The summed E-state index contributed by atoms with van der Waals surface area (Å²) in [5, 5.41) is 18.7. The Morgan fingerprint density at radius 1 is 1.53 bits per heavy atom. The first-order valence-electron chi connectivity index (χ1n) is 5.43. The molecule has 1 heterocycles. The number of nitrogens with zero attached hydrogens (tertiary/aromatic N) is 1. The van der Waals surface area contributed by atoms with Crippen molar-refractivity contribution in [1.82, 2.24) is 4.90 Å². The van der Waals surface area contributed by atoms with Gasteiger partial charge in [0, 0.05) is 25.6 Å². The number of aromatic hydroxyl groups is 1. The van der Waals surface area contributed by atoms with Gasteiger partial charge in [0.1, 0.15) is 0 Å². The summed E-state index contributed by atoms with van der Waals surface area (Å²) in [5.74, 6) is 0.0836. The lowest BCUT2D eigenvalue weighted by molar-refractivity contribution is 0.0359. The van der Waals surface area contributed by atoms with E-state index in [1.165, 1.54) is 7.11 Å². The fourth-order valence-electron chi connectivity index (χ4n) is 1.88. The maximum absolute atomic E-state index is 12.0. The van der Waals surface area contributed by atoms with E-state index in [4.69, 9.17) is 9.84 Å². The van der Waals surface area contributed by atoms with Crippen molar-refractivity contribution in [3.8, 4) is 11.5 Å². The van der Waals surface area contributed by atoms with Gasteiger partial charge >= 0.3 is 0 Å². The molecular weight excluding hydrogens is 222 g/mol. The number of para-hydroxylation sites is 1. The quantitative estimate of drug-likeness (QED) is 0.801. The van der Waals surface area contributed by atoms with Crippen LogP contribution in [0.25, 0.3) is 0 Å². The van der Waals surface area contributed by atoms with Gasteiger partial charge in [0.05, 0.1) is 12.7 Å². The number of rotatable bonds is 3. The molecule has 1 amide bonds. The summed E-state index contributed by atoms with van der Waals surface area (Å²) in [6.45, 7) is 1.16. The number of likely N-dealkylation sites (tertiary alicyclic amines) is 1. The van der Waals surface area contributed by atoms with Crippen molar-refractivity contribution in [2.24, 2.45) is 5.92 Å².